The fraction of sp³-hybridized carbons (Fsp3) is 0. The van der Waals surface area contributed by atoms with Crippen LogP contribution in [-0.2, 0) is 0 Å². The SMILES string of the molecule is O=C(NC(=S)Nc1ccc(Cl)cc1C(=O)O)c1ccc(-c2cc(Cl)ccc2Cl)o1. The number of amides is 1. The number of rotatable bonds is 4. The molecule has 3 rings (SSSR count). The maximum absolute atomic E-state index is 12.4. The van der Waals surface area contributed by atoms with Gasteiger partial charge in [-0.1, -0.05) is 34.8 Å². The van der Waals surface area contributed by atoms with E-state index in [1.54, 1.807) is 24.3 Å². The van der Waals surface area contributed by atoms with E-state index in [4.69, 9.17) is 51.4 Å². The maximum atomic E-state index is 12.4. The summed E-state index contributed by atoms with van der Waals surface area (Å²) in [6.45, 7) is 0. The van der Waals surface area contributed by atoms with Crippen molar-refractivity contribution >= 4 is 69.7 Å². The lowest BCUT2D eigenvalue weighted by molar-refractivity contribution is 0.0697. The van der Waals surface area contributed by atoms with Crippen molar-refractivity contribution < 1.29 is 19.1 Å². The number of aromatic carboxylic acids is 1. The molecule has 0 atom stereocenters. The second kappa shape index (κ2) is 8.84. The third kappa shape index (κ3) is 5.07. The molecular formula is C19H11Cl3N2O4S. The normalized spacial score (nSPS) is 10.4. The first kappa shape index (κ1) is 21.1. The topological polar surface area (TPSA) is 91.6 Å². The van der Waals surface area contributed by atoms with E-state index in [0.29, 0.717) is 21.4 Å². The van der Waals surface area contributed by atoms with Gasteiger partial charge in [0.2, 0.25) is 0 Å². The van der Waals surface area contributed by atoms with Crippen LogP contribution in [0.25, 0.3) is 11.3 Å². The van der Waals surface area contributed by atoms with E-state index >= 15 is 0 Å². The summed E-state index contributed by atoms with van der Waals surface area (Å²) < 4.78 is 5.54. The van der Waals surface area contributed by atoms with Gasteiger partial charge >= 0.3 is 5.97 Å². The lowest BCUT2D eigenvalue weighted by Gasteiger charge is -2.11. The first-order chi connectivity index (χ1) is 13.7. The predicted octanol–water partition coefficient (Wildman–Crippen LogP) is 5.73. The Morgan fingerprint density at radius 1 is 0.966 bits per heavy atom. The van der Waals surface area contributed by atoms with Crippen LogP contribution in [0.1, 0.15) is 20.9 Å². The quantitative estimate of drug-likeness (QED) is 0.423. The minimum Gasteiger partial charge on any atom is -0.478 e. The van der Waals surface area contributed by atoms with Crippen molar-refractivity contribution in [2.75, 3.05) is 5.32 Å². The number of thiocarbonyl (C=S) groups is 1. The highest BCUT2D eigenvalue weighted by Gasteiger charge is 2.17. The molecule has 1 aromatic heterocycles. The molecule has 1 amide bonds. The third-order valence-electron chi connectivity index (χ3n) is 3.71. The van der Waals surface area contributed by atoms with E-state index in [1.807, 2.05) is 0 Å². The molecule has 3 N–H and O–H groups in total. The standard InChI is InChI=1S/C19H11Cl3N2O4S/c20-9-1-3-13(22)11(7-9)15-5-6-16(28-15)17(25)24-19(29)23-14-4-2-10(21)8-12(14)18(26)27/h1-8H,(H,26,27)(H2,23,24,25,29). The minimum absolute atomic E-state index is 0.0187. The van der Waals surface area contributed by atoms with Crippen LogP contribution in [0.15, 0.2) is 52.9 Å². The summed E-state index contributed by atoms with van der Waals surface area (Å²) in [4.78, 5) is 23.7. The molecule has 1 heterocycles. The van der Waals surface area contributed by atoms with E-state index in [2.05, 4.69) is 10.6 Å². The van der Waals surface area contributed by atoms with Gasteiger partial charge in [0.25, 0.3) is 5.91 Å². The number of hydrogen-bond donors (Lipinski definition) is 3. The average Bonchev–Trinajstić information content (AvgIpc) is 3.15. The van der Waals surface area contributed by atoms with Crippen molar-refractivity contribution in [3.8, 4) is 11.3 Å². The number of furan rings is 1. The average molecular weight is 470 g/mol. The van der Waals surface area contributed by atoms with Gasteiger partial charge in [0.15, 0.2) is 10.9 Å². The van der Waals surface area contributed by atoms with Crippen LogP contribution in [0.3, 0.4) is 0 Å². The number of benzene rings is 2. The van der Waals surface area contributed by atoms with Crippen molar-refractivity contribution in [3.63, 3.8) is 0 Å². The van der Waals surface area contributed by atoms with Crippen LogP contribution in [0.2, 0.25) is 15.1 Å². The zero-order valence-corrected chi connectivity index (χ0v) is 17.4. The van der Waals surface area contributed by atoms with E-state index in [0.717, 1.165) is 0 Å². The lowest BCUT2D eigenvalue weighted by atomic mass is 10.2. The van der Waals surface area contributed by atoms with E-state index < -0.39 is 11.9 Å². The highest BCUT2D eigenvalue weighted by molar-refractivity contribution is 7.80. The maximum Gasteiger partial charge on any atom is 0.337 e. The summed E-state index contributed by atoms with van der Waals surface area (Å²) >= 11 is 23.0. The number of carboxylic acid groups (broad SMARTS) is 1. The molecule has 0 saturated carbocycles. The predicted molar refractivity (Wildman–Crippen MR) is 116 cm³/mol. The molecular weight excluding hydrogens is 459 g/mol. The zero-order valence-electron chi connectivity index (χ0n) is 14.3. The van der Waals surface area contributed by atoms with E-state index in [1.165, 1.54) is 24.3 Å². The van der Waals surface area contributed by atoms with Gasteiger partial charge in [0, 0.05) is 15.6 Å². The van der Waals surface area contributed by atoms with Gasteiger partial charge in [0.1, 0.15) is 5.76 Å². The number of halogens is 3. The zero-order chi connectivity index (χ0) is 21.1. The molecule has 0 saturated heterocycles. The van der Waals surface area contributed by atoms with Gasteiger partial charge in [-0.15, -0.1) is 0 Å². The van der Waals surface area contributed by atoms with E-state index in [9.17, 15) is 14.7 Å². The molecule has 0 radical (unpaired) electrons. The first-order valence-electron chi connectivity index (χ1n) is 7.95. The Hall–Kier alpha value is -2.58. The van der Waals surface area contributed by atoms with Crippen LogP contribution in [0.5, 0.6) is 0 Å². The highest BCUT2D eigenvalue weighted by atomic mass is 35.5. The monoisotopic (exact) mass is 468 g/mol. The number of anilines is 1. The molecule has 0 aliphatic carbocycles. The molecule has 0 aliphatic rings. The van der Waals surface area contributed by atoms with Crippen molar-refractivity contribution in [1.29, 1.82) is 0 Å². The summed E-state index contributed by atoms with van der Waals surface area (Å²) in [5, 5.41) is 15.3. The van der Waals surface area contributed by atoms with Gasteiger partial charge in [0.05, 0.1) is 16.3 Å². The Bertz CT molecular complexity index is 1130. The minimum atomic E-state index is -1.20. The van der Waals surface area contributed by atoms with Gasteiger partial charge in [-0.2, -0.15) is 0 Å². The summed E-state index contributed by atoms with van der Waals surface area (Å²) in [6, 6.07) is 12.1. The van der Waals surface area contributed by atoms with Crippen molar-refractivity contribution in [2.45, 2.75) is 0 Å². The number of nitrogens with one attached hydrogen (secondary N) is 2. The second-order valence-electron chi connectivity index (χ2n) is 5.69. The smallest absolute Gasteiger partial charge is 0.337 e. The summed E-state index contributed by atoms with van der Waals surface area (Å²) in [5.74, 6) is -1.49. The molecule has 3 aromatic rings. The second-order valence-corrected chi connectivity index (χ2v) is 7.38. The molecule has 0 aliphatic heterocycles. The van der Waals surface area contributed by atoms with Gasteiger partial charge in [-0.25, -0.2) is 4.79 Å². The molecule has 6 nitrogen and oxygen atoms in total. The Balaban J connectivity index is 1.73. The van der Waals surface area contributed by atoms with Crippen molar-refractivity contribution in [3.05, 3.63) is 74.9 Å². The Kier molecular flexibility index (Phi) is 6.44. The molecule has 0 spiro atoms. The van der Waals surface area contributed by atoms with Crippen molar-refractivity contribution in [2.24, 2.45) is 0 Å². The van der Waals surface area contributed by atoms with Gasteiger partial charge in [-0.3, -0.25) is 10.1 Å². The van der Waals surface area contributed by atoms with Crippen molar-refractivity contribution in [1.82, 2.24) is 5.32 Å². The third-order valence-corrected chi connectivity index (χ3v) is 4.71. The number of carbonyl (C=O) groups excluding carboxylic acids is 1. The summed E-state index contributed by atoms with van der Waals surface area (Å²) in [5.41, 5.74) is 0.620. The first-order valence-corrected chi connectivity index (χ1v) is 9.49. The largest absolute Gasteiger partial charge is 0.478 e. The Morgan fingerprint density at radius 3 is 2.38 bits per heavy atom. The number of carbonyl (C=O) groups is 2. The number of hydrogen-bond acceptors (Lipinski definition) is 4. The molecule has 10 heteroatoms. The fourth-order valence-electron chi connectivity index (χ4n) is 2.41. The summed E-state index contributed by atoms with van der Waals surface area (Å²) in [6.07, 6.45) is 0. The summed E-state index contributed by atoms with van der Waals surface area (Å²) in [7, 11) is 0. The molecule has 2 aromatic carbocycles. The van der Waals surface area contributed by atoms with Gasteiger partial charge < -0.3 is 14.8 Å². The number of carboxylic acids is 1. The molecule has 29 heavy (non-hydrogen) atoms. The molecule has 148 valence electrons. The Labute approximate surface area is 185 Å². The van der Waals surface area contributed by atoms with Gasteiger partial charge in [-0.05, 0) is 60.7 Å². The fourth-order valence-corrected chi connectivity index (χ4v) is 3.17. The molecule has 0 bridgehead atoms. The van der Waals surface area contributed by atoms with E-state index in [-0.39, 0.29) is 27.1 Å². The van der Waals surface area contributed by atoms with Crippen LogP contribution in [0.4, 0.5) is 5.69 Å². The Morgan fingerprint density at radius 2 is 1.66 bits per heavy atom. The van der Waals surface area contributed by atoms with Crippen LogP contribution in [0, 0.1) is 0 Å². The van der Waals surface area contributed by atoms with Crippen LogP contribution >= 0.6 is 47.0 Å². The molecule has 0 fully saturated rings. The molecule has 0 unspecified atom stereocenters. The van der Waals surface area contributed by atoms with Crippen LogP contribution in [-0.4, -0.2) is 22.1 Å². The highest BCUT2D eigenvalue weighted by Crippen LogP contribution is 2.31. The van der Waals surface area contributed by atoms with Crippen LogP contribution < -0.4 is 10.6 Å². The lowest BCUT2D eigenvalue weighted by Crippen LogP contribution is -2.34.